The molecule has 0 spiro atoms. The lowest BCUT2D eigenvalue weighted by atomic mass is 10.1. The second-order valence-corrected chi connectivity index (χ2v) is 7.75. The largest absolute Gasteiger partial charge is 0.324 e. The van der Waals surface area contributed by atoms with Crippen LogP contribution in [0, 0.1) is 0 Å². The first kappa shape index (κ1) is 16.8. The van der Waals surface area contributed by atoms with E-state index in [1.165, 1.54) is 37.9 Å². The van der Waals surface area contributed by atoms with Gasteiger partial charge >= 0.3 is 0 Å². The van der Waals surface area contributed by atoms with Gasteiger partial charge in [0, 0.05) is 24.2 Å². The van der Waals surface area contributed by atoms with Gasteiger partial charge in [0.05, 0.1) is 5.52 Å². The van der Waals surface area contributed by atoms with Crippen LogP contribution in [0.25, 0.3) is 22.1 Å². The van der Waals surface area contributed by atoms with E-state index >= 15 is 0 Å². The first-order valence-electron chi connectivity index (χ1n) is 9.33. The number of likely N-dealkylation sites (tertiary alicyclic amines) is 1. The average Bonchev–Trinajstić information content (AvgIpc) is 2.97. The predicted octanol–water partition coefficient (Wildman–Crippen LogP) is 3.97. The number of aryl methyl sites for hydroxylation is 1. The summed E-state index contributed by atoms with van der Waals surface area (Å²) >= 11 is 1.73. The maximum Gasteiger partial charge on any atom is 0.211 e. The lowest BCUT2D eigenvalue weighted by Crippen LogP contribution is -2.31. The van der Waals surface area contributed by atoms with Crippen LogP contribution in [0.15, 0.2) is 29.4 Å². The molecule has 0 atom stereocenters. The number of hydrogen-bond donors (Lipinski definition) is 0. The molecule has 5 nitrogen and oxygen atoms in total. The van der Waals surface area contributed by atoms with Crippen LogP contribution in [0.4, 0.5) is 0 Å². The van der Waals surface area contributed by atoms with Crippen molar-refractivity contribution in [2.24, 2.45) is 0 Å². The molecule has 3 aromatic rings. The SMILES string of the molecule is CCCn1c2ccccc2c2nnc(SCCN3CCCCC3)nc21. The summed E-state index contributed by atoms with van der Waals surface area (Å²) < 4.78 is 2.29. The average molecular weight is 356 g/mol. The number of fused-ring (bicyclic) bond motifs is 3. The molecule has 0 N–H and O–H groups in total. The number of benzene rings is 1. The molecular formula is C19H25N5S. The fourth-order valence-electron chi connectivity index (χ4n) is 3.65. The Balaban J connectivity index is 1.56. The molecule has 1 aliphatic heterocycles. The van der Waals surface area contributed by atoms with Gasteiger partial charge in [0.25, 0.3) is 0 Å². The van der Waals surface area contributed by atoms with E-state index in [4.69, 9.17) is 4.98 Å². The highest BCUT2D eigenvalue weighted by Gasteiger charge is 2.15. The molecule has 6 heteroatoms. The molecule has 4 rings (SSSR count). The van der Waals surface area contributed by atoms with E-state index < -0.39 is 0 Å². The third-order valence-corrected chi connectivity index (χ3v) is 5.71. The van der Waals surface area contributed by atoms with Crippen LogP contribution in [-0.2, 0) is 6.54 Å². The summed E-state index contributed by atoms with van der Waals surface area (Å²) in [5, 5.41) is 10.8. The second-order valence-electron chi connectivity index (χ2n) is 6.69. The molecule has 1 aromatic carbocycles. The van der Waals surface area contributed by atoms with Crippen molar-refractivity contribution in [2.45, 2.75) is 44.3 Å². The Labute approximate surface area is 152 Å². The van der Waals surface area contributed by atoms with Crippen LogP contribution in [0.5, 0.6) is 0 Å². The summed E-state index contributed by atoms with van der Waals surface area (Å²) in [6, 6.07) is 8.40. The first-order chi connectivity index (χ1) is 12.4. The molecule has 1 aliphatic rings. The van der Waals surface area contributed by atoms with E-state index in [0.717, 1.165) is 47.0 Å². The second kappa shape index (κ2) is 7.70. The maximum absolute atomic E-state index is 4.85. The van der Waals surface area contributed by atoms with Gasteiger partial charge in [-0.05, 0) is 38.4 Å². The lowest BCUT2D eigenvalue weighted by molar-refractivity contribution is 0.242. The fourth-order valence-corrected chi connectivity index (χ4v) is 4.43. The molecule has 132 valence electrons. The predicted molar refractivity (Wildman–Crippen MR) is 104 cm³/mol. The van der Waals surface area contributed by atoms with E-state index in [0.29, 0.717) is 0 Å². The monoisotopic (exact) mass is 355 g/mol. The molecule has 25 heavy (non-hydrogen) atoms. The van der Waals surface area contributed by atoms with Gasteiger partial charge in [-0.3, -0.25) is 0 Å². The number of para-hydroxylation sites is 1. The van der Waals surface area contributed by atoms with Crippen LogP contribution in [-0.4, -0.2) is 50.0 Å². The lowest BCUT2D eigenvalue weighted by Gasteiger charge is -2.25. The number of rotatable bonds is 6. The van der Waals surface area contributed by atoms with Gasteiger partial charge in [-0.15, -0.1) is 10.2 Å². The van der Waals surface area contributed by atoms with Crippen molar-refractivity contribution >= 4 is 33.8 Å². The van der Waals surface area contributed by atoms with Crippen LogP contribution < -0.4 is 0 Å². The quantitative estimate of drug-likeness (QED) is 0.626. The number of piperidine rings is 1. The third kappa shape index (κ3) is 3.51. The molecule has 0 aliphatic carbocycles. The first-order valence-corrected chi connectivity index (χ1v) is 10.3. The Morgan fingerprint density at radius 1 is 1.04 bits per heavy atom. The number of thioether (sulfide) groups is 1. The topological polar surface area (TPSA) is 46.8 Å². The Bertz CT molecular complexity index is 854. The van der Waals surface area contributed by atoms with Crippen molar-refractivity contribution in [2.75, 3.05) is 25.4 Å². The minimum atomic E-state index is 0.796. The van der Waals surface area contributed by atoms with Gasteiger partial charge in [-0.25, -0.2) is 4.98 Å². The van der Waals surface area contributed by atoms with Gasteiger partial charge < -0.3 is 9.47 Å². The zero-order valence-electron chi connectivity index (χ0n) is 14.8. The third-order valence-electron chi connectivity index (χ3n) is 4.89. The van der Waals surface area contributed by atoms with E-state index in [1.807, 2.05) is 0 Å². The highest BCUT2D eigenvalue weighted by molar-refractivity contribution is 7.99. The Morgan fingerprint density at radius 2 is 1.88 bits per heavy atom. The standard InChI is InChI=1S/C19H25N5S/c1-2-10-24-16-9-5-4-8-15(16)17-18(24)20-19(22-21-17)25-14-13-23-11-6-3-7-12-23/h4-5,8-9H,2-3,6-7,10-14H2,1H3. The molecule has 0 bridgehead atoms. The highest BCUT2D eigenvalue weighted by atomic mass is 32.2. The smallest absolute Gasteiger partial charge is 0.211 e. The van der Waals surface area contributed by atoms with Crippen molar-refractivity contribution in [1.29, 1.82) is 0 Å². The van der Waals surface area contributed by atoms with Crippen LogP contribution in [0.2, 0.25) is 0 Å². The zero-order chi connectivity index (χ0) is 17.1. The number of hydrogen-bond acceptors (Lipinski definition) is 5. The van der Waals surface area contributed by atoms with Gasteiger partial charge in [0.15, 0.2) is 5.65 Å². The van der Waals surface area contributed by atoms with Crippen molar-refractivity contribution < 1.29 is 0 Å². The van der Waals surface area contributed by atoms with Crippen LogP contribution in [0.1, 0.15) is 32.6 Å². The maximum atomic E-state index is 4.85. The normalized spacial score (nSPS) is 16.0. The van der Waals surface area contributed by atoms with Gasteiger partial charge in [0.2, 0.25) is 5.16 Å². The van der Waals surface area contributed by atoms with Crippen LogP contribution >= 0.6 is 11.8 Å². The van der Waals surface area contributed by atoms with Gasteiger partial charge in [-0.1, -0.05) is 43.3 Å². The van der Waals surface area contributed by atoms with Crippen LogP contribution in [0.3, 0.4) is 0 Å². The number of nitrogens with zero attached hydrogens (tertiary/aromatic N) is 5. The zero-order valence-corrected chi connectivity index (χ0v) is 15.6. The summed E-state index contributed by atoms with van der Waals surface area (Å²) in [5.41, 5.74) is 3.10. The molecule has 0 unspecified atom stereocenters. The Morgan fingerprint density at radius 3 is 2.72 bits per heavy atom. The molecular weight excluding hydrogens is 330 g/mol. The Kier molecular flexibility index (Phi) is 5.17. The summed E-state index contributed by atoms with van der Waals surface area (Å²) in [7, 11) is 0. The van der Waals surface area contributed by atoms with E-state index in [2.05, 4.69) is 50.9 Å². The van der Waals surface area contributed by atoms with E-state index in [9.17, 15) is 0 Å². The van der Waals surface area contributed by atoms with Gasteiger partial charge in [0.1, 0.15) is 5.52 Å². The molecule has 2 aromatic heterocycles. The minimum absolute atomic E-state index is 0.796. The fraction of sp³-hybridized carbons (Fsp3) is 0.526. The molecule has 3 heterocycles. The molecule has 0 saturated carbocycles. The van der Waals surface area contributed by atoms with E-state index in [1.54, 1.807) is 11.8 Å². The summed E-state index contributed by atoms with van der Waals surface area (Å²) in [6.07, 6.45) is 5.14. The molecule has 0 radical (unpaired) electrons. The van der Waals surface area contributed by atoms with Crippen molar-refractivity contribution in [1.82, 2.24) is 24.6 Å². The highest BCUT2D eigenvalue weighted by Crippen LogP contribution is 2.27. The minimum Gasteiger partial charge on any atom is -0.324 e. The van der Waals surface area contributed by atoms with Gasteiger partial charge in [-0.2, -0.15) is 0 Å². The summed E-state index contributed by atoms with van der Waals surface area (Å²) in [6.45, 7) is 6.75. The van der Waals surface area contributed by atoms with Crippen molar-refractivity contribution in [3.63, 3.8) is 0 Å². The molecule has 1 fully saturated rings. The summed E-state index contributed by atoms with van der Waals surface area (Å²) in [5.74, 6) is 1.03. The molecule has 1 saturated heterocycles. The molecule has 0 amide bonds. The number of aromatic nitrogens is 4. The van der Waals surface area contributed by atoms with E-state index in [-0.39, 0.29) is 0 Å². The van der Waals surface area contributed by atoms with Crippen molar-refractivity contribution in [3.8, 4) is 0 Å². The Hall–Kier alpha value is -1.66. The van der Waals surface area contributed by atoms with Crippen molar-refractivity contribution in [3.05, 3.63) is 24.3 Å². The summed E-state index contributed by atoms with van der Waals surface area (Å²) in [4.78, 5) is 7.40.